The van der Waals surface area contributed by atoms with Gasteiger partial charge in [0, 0.05) is 5.56 Å². The van der Waals surface area contributed by atoms with Crippen molar-refractivity contribution in [2.24, 2.45) is 0 Å². The van der Waals surface area contributed by atoms with Crippen molar-refractivity contribution in [3.63, 3.8) is 0 Å². The standard InChI is InChI=1S/C17H13Cl2F3N4O2/c1-28-15(27)16(3-2-4-16)12-11(7-23)25-26(14(12)24)13-9(18)5-8(6-10(13)19)17(20,21)22/h5-6H,2-4,24H2,1H3. The van der Waals surface area contributed by atoms with Crippen LogP contribution in [0.4, 0.5) is 19.0 Å². The van der Waals surface area contributed by atoms with Gasteiger partial charge in [0.05, 0.1) is 28.1 Å². The second-order valence-electron chi connectivity index (χ2n) is 6.35. The first-order chi connectivity index (χ1) is 13.1. The fraction of sp³-hybridized carbons (Fsp3) is 0.353. The number of methoxy groups -OCH3 is 1. The number of ether oxygens (including phenoxy) is 1. The first kappa shape index (κ1) is 20.3. The zero-order valence-electron chi connectivity index (χ0n) is 14.4. The number of aromatic nitrogens is 2. The lowest BCUT2D eigenvalue weighted by molar-refractivity contribution is -0.151. The number of hydrogen-bond donors (Lipinski definition) is 1. The Hall–Kier alpha value is -2.44. The van der Waals surface area contributed by atoms with Gasteiger partial charge in [-0.25, -0.2) is 4.68 Å². The van der Waals surface area contributed by atoms with Gasteiger partial charge >= 0.3 is 12.1 Å². The first-order valence-corrected chi connectivity index (χ1v) is 8.76. The molecule has 0 aliphatic heterocycles. The van der Waals surface area contributed by atoms with Crippen LogP contribution in [0.15, 0.2) is 12.1 Å². The van der Waals surface area contributed by atoms with Crippen molar-refractivity contribution in [2.75, 3.05) is 12.8 Å². The van der Waals surface area contributed by atoms with Gasteiger partial charge in [0.25, 0.3) is 0 Å². The third-order valence-corrected chi connectivity index (χ3v) is 5.42. The molecule has 1 aromatic heterocycles. The molecule has 0 saturated heterocycles. The minimum atomic E-state index is -4.65. The molecule has 3 rings (SSSR count). The summed E-state index contributed by atoms with van der Waals surface area (Å²) in [5.74, 6) is -0.670. The minimum absolute atomic E-state index is 0.106. The predicted molar refractivity (Wildman–Crippen MR) is 95.3 cm³/mol. The Morgan fingerprint density at radius 1 is 1.36 bits per heavy atom. The van der Waals surface area contributed by atoms with E-state index in [2.05, 4.69) is 5.10 Å². The van der Waals surface area contributed by atoms with E-state index in [1.165, 1.54) is 7.11 Å². The van der Waals surface area contributed by atoms with Crippen LogP contribution < -0.4 is 5.73 Å². The molecule has 0 spiro atoms. The van der Waals surface area contributed by atoms with E-state index >= 15 is 0 Å². The molecule has 0 bridgehead atoms. The van der Waals surface area contributed by atoms with Gasteiger partial charge in [0.1, 0.15) is 17.6 Å². The molecule has 6 nitrogen and oxygen atoms in total. The Morgan fingerprint density at radius 3 is 2.32 bits per heavy atom. The van der Waals surface area contributed by atoms with E-state index < -0.39 is 23.1 Å². The Balaban J connectivity index is 2.23. The largest absolute Gasteiger partial charge is 0.468 e. The molecule has 0 amide bonds. The minimum Gasteiger partial charge on any atom is -0.468 e. The number of nitrogens with zero attached hydrogens (tertiary/aromatic N) is 3. The summed E-state index contributed by atoms with van der Waals surface area (Å²) in [6.07, 6.45) is -3.13. The summed E-state index contributed by atoms with van der Waals surface area (Å²) in [7, 11) is 1.22. The topological polar surface area (TPSA) is 93.9 Å². The van der Waals surface area contributed by atoms with Crippen LogP contribution >= 0.6 is 23.2 Å². The lowest BCUT2D eigenvalue weighted by Crippen LogP contribution is -2.44. The molecule has 1 aromatic carbocycles. The highest BCUT2D eigenvalue weighted by atomic mass is 35.5. The number of halogens is 5. The highest BCUT2D eigenvalue weighted by Gasteiger charge is 2.51. The van der Waals surface area contributed by atoms with E-state index in [-0.39, 0.29) is 32.8 Å². The molecule has 1 saturated carbocycles. The van der Waals surface area contributed by atoms with Gasteiger partial charge in [-0.1, -0.05) is 29.6 Å². The zero-order chi connectivity index (χ0) is 20.9. The SMILES string of the molecule is COC(=O)C1(c2c(C#N)nn(-c3c(Cl)cc(C(F)(F)F)cc3Cl)c2N)CCC1. The summed E-state index contributed by atoms with van der Waals surface area (Å²) in [5, 5.41) is 12.8. The van der Waals surface area contributed by atoms with Crippen LogP contribution in [0.1, 0.15) is 36.1 Å². The number of rotatable bonds is 3. The summed E-state index contributed by atoms with van der Waals surface area (Å²) in [6.45, 7) is 0. The normalized spacial score (nSPS) is 15.6. The van der Waals surface area contributed by atoms with Crippen LogP contribution in [0.5, 0.6) is 0 Å². The van der Waals surface area contributed by atoms with Crippen LogP contribution in [-0.4, -0.2) is 22.9 Å². The van der Waals surface area contributed by atoms with Crippen LogP contribution in [0, 0.1) is 11.3 Å². The predicted octanol–water partition coefficient (Wildman–Crippen LogP) is 4.25. The number of benzene rings is 1. The number of anilines is 1. The van der Waals surface area contributed by atoms with Crippen molar-refractivity contribution >= 4 is 35.0 Å². The molecular formula is C17H13Cl2F3N4O2. The van der Waals surface area contributed by atoms with E-state index in [9.17, 15) is 23.2 Å². The Labute approximate surface area is 167 Å². The molecule has 28 heavy (non-hydrogen) atoms. The highest BCUT2D eigenvalue weighted by molar-refractivity contribution is 6.38. The quantitative estimate of drug-likeness (QED) is 0.731. The second-order valence-corrected chi connectivity index (χ2v) is 7.16. The fourth-order valence-corrected chi connectivity index (χ4v) is 4.01. The lowest BCUT2D eigenvalue weighted by Gasteiger charge is -2.38. The summed E-state index contributed by atoms with van der Waals surface area (Å²) >= 11 is 12.1. The molecule has 0 unspecified atom stereocenters. The summed E-state index contributed by atoms with van der Waals surface area (Å²) < 4.78 is 44.7. The number of nitriles is 1. The Kier molecular flexibility index (Phi) is 4.98. The van der Waals surface area contributed by atoms with Crippen LogP contribution in [-0.2, 0) is 21.1 Å². The molecule has 1 aliphatic rings. The molecule has 1 aliphatic carbocycles. The maximum absolute atomic E-state index is 13.0. The average Bonchev–Trinajstić information content (AvgIpc) is 2.89. The van der Waals surface area contributed by atoms with Gasteiger partial charge in [-0.05, 0) is 25.0 Å². The number of carbonyl (C=O) groups excluding carboxylic acids is 1. The smallest absolute Gasteiger partial charge is 0.416 e. The molecule has 0 atom stereocenters. The molecule has 1 heterocycles. The second kappa shape index (κ2) is 6.87. The average molecular weight is 433 g/mol. The van der Waals surface area contributed by atoms with Crippen molar-refractivity contribution in [1.29, 1.82) is 5.26 Å². The highest BCUT2D eigenvalue weighted by Crippen LogP contribution is 2.49. The maximum Gasteiger partial charge on any atom is 0.416 e. The van der Waals surface area contributed by atoms with E-state index in [4.69, 9.17) is 33.7 Å². The Bertz CT molecular complexity index is 984. The number of esters is 1. The molecule has 0 radical (unpaired) electrons. The number of hydrogen-bond acceptors (Lipinski definition) is 5. The van der Waals surface area contributed by atoms with Gasteiger partial charge in [-0.3, -0.25) is 4.79 Å². The molecule has 11 heteroatoms. The molecule has 1 fully saturated rings. The number of nitrogen functional groups attached to an aromatic ring is 1. The number of carbonyl (C=O) groups is 1. The van der Waals surface area contributed by atoms with E-state index in [0.717, 1.165) is 4.68 Å². The van der Waals surface area contributed by atoms with Gasteiger partial charge in [-0.2, -0.15) is 23.5 Å². The maximum atomic E-state index is 13.0. The van der Waals surface area contributed by atoms with Crippen LogP contribution in [0.2, 0.25) is 10.0 Å². The lowest BCUT2D eigenvalue weighted by atomic mass is 9.64. The van der Waals surface area contributed by atoms with Crippen LogP contribution in [0.3, 0.4) is 0 Å². The molecule has 2 N–H and O–H groups in total. The number of alkyl halides is 3. The van der Waals surface area contributed by atoms with E-state index in [1.807, 2.05) is 6.07 Å². The van der Waals surface area contributed by atoms with Crippen molar-refractivity contribution in [2.45, 2.75) is 30.9 Å². The van der Waals surface area contributed by atoms with Crippen molar-refractivity contribution in [3.05, 3.63) is 39.0 Å². The van der Waals surface area contributed by atoms with Crippen molar-refractivity contribution in [3.8, 4) is 11.8 Å². The Morgan fingerprint density at radius 2 is 1.93 bits per heavy atom. The third-order valence-electron chi connectivity index (χ3n) is 4.84. The molecular weight excluding hydrogens is 420 g/mol. The van der Waals surface area contributed by atoms with Gasteiger partial charge in [-0.15, -0.1) is 0 Å². The van der Waals surface area contributed by atoms with Crippen molar-refractivity contribution < 1.29 is 22.7 Å². The number of nitrogens with two attached hydrogens (primary N) is 1. The third kappa shape index (κ3) is 2.97. The van der Waals surface area contributed by atoms with E-state index in [0.29, 0.717) is 31.4 Å². The summed E-state index contributed by atoms with van der Waals surface area (Å²) in [4.78, 5) is 12.4. The van der Waals surface area contributed by atoms with Gasteiger partial charge in [0.2, 0.25) is 0 Å². The fourth-order valence-electron chi connectivity index (χ4n) is 3.36. The zero-order valence-corrected chi connectivity index (χ0v) is 15.9. The monoisotopic (exact) mass is 432 g/mol. The van der Waals surface area contributed by atoms with Crippen molar-refractivity contribution in [1.82, 2.24) is 9.78 Å². The van der Waals surface area contributed by atoms with E-state index in [1.54, 1.807) is 0 Å². The van der Waals surface area contributed by atoms with Gasteiger partial charge < -0.3 is 10.5 Å². The first-order valence-electron chi connectivity index (χ1n) is 8.01. The summed E-state index contributed by atoms with van der Waals surface area (Å²) in [5.41, 5.74) is 3.90. The van der Waals surface area contributed by atoms with Crippen LogP contribution in [0.25, 0.3) is 5.69 Å². The molecule has 2 aromatic rings. The summed E-state index contributed by atoms with van der Waals surface area (Å²) in [6, 6.07) is 3.25. The molecule has 148 valence electrons. The van der Waals surface area contributed by atoms with Gasteiger partial charge in [0.15, 0.2) is 5.69 Å².